The van der Waals surface area contributed by atoms with E-state index >= 15 is 0 Å². The summed E-state index contributed by atoms with van der Waals surface area (Å²) in [5, 5.41) is 2.96. The van der Waals surface area contributed by atoms with E-state index < -0.39 is 0 Å². The van der Waals surface area contributed by atoms with Gasteiger partial charge in [0.15, 0.2) is 0 Å². The third-order valence-electron chi connectivity index (χ3n) is 3.87. The first kappa shape index (κ1) is 17.1. The average molecular weight is 316 g/mol. The molecule has 1 heterocycles. The second-order valence-corrected chi connectivity index (χ2v) is 5.67. The van der Waals surface area contributed by atoms with Crippen molar-refractivity contribution in [1.29, 1.82) is 0 Å². The van der Waals surface area contributed by atoms with Crippen molar-refractivity contribution in [2.45, 2.75) is 33.0 Å². The van der Waals surface area contributed by atoms with Gasteiger partial charge < -0.3 is 14.5 Å². The SMILES string of the molecule is COc1ccc(CNC(=O)[C@@H](C)N(C)Cc2ccc(C)o2)cc1. The fourth-order valence-electron chi connectivity index (χ4n) is 2.23. The van der Waals surface area contributed by atoms with Crippen LogP contribution in [0.3, 0.4) is 0 Å². The normalized spacial score (nSPS) is 12.2. The number of rotatable bonds is 7. The molecular weight excluding hydrogens is 292 g/mol. The molecule has 2 rings (SSSR count). The smallest absolute Gasteiger partial charge is 0.237 e. The molecule has 1 aromatic heterocycles. The molecule has 0 saturated heterocycles. The number of benzene rings is 1. The van der Waals surface area contributed by atoms with Crippen molar-refractivity contribution in [1.82, 2.24) is 10.2 Å². The topological polar surface area (TPSA) is 54.7 Å². The first-order valence-electron chi connectivity index (χ1n) is 7.66. The maximum atomic E-state index is 12.3. The molecule has 23 heavy (non-hydrogen) atoms. The first-order chi connectivity index (χ1) is 11.0. The monoisotopic (exact) mass is 316 g/mol. The average Bonchev–Trinajstić information content (AvgIpc) is 2.97. The molecule has 0 radical (unpaired) electrons. The molecule has 0 aliphatic rings. The van der Waals surface area contributed by atoms with E-state index in [1.54, 1.807) is 7.11 Å². The summed E-state index contributed by atoms with van der Waals surface area (Å²) < 4.78 is 10.7. The number of aryl methyl sites for hydroxylation is 1. The second-order valence-electron chi connectivity index (χ2n) is 5.67. The summed E-state index contributed by atoms with van der Waals surface area (Å²) in [5.74, 6) is 2.54. The van der Waals surface area contributed by atoms with Crippen LogP contribution < -0.4 is 10.1 Å². The Kier molecular flexibility index (Phi) is 5.82. The minimum absolute atomic E-state index is 0.00778. The van der Waals surface area contributed by atoms with Gasteiger partial charge in [-0.2, -0.15) is 0 Å². The van der Waals surface area contributed by atoms with Gasteiger partial charge in [-0.15, -0.1) is 0 Å². The Balaban J connectivity index is 1.83. The number of nitrogens with zero attached hydrogens (tertiary/aromatic N) is 1. The van der Waals surface area contributed by atoms with E-state index in [1.165, 1.54) is 0 Å². The Bertz CT molecular complexity index is 634. The number of carbonyl (C=O) groups is 1. The lowest BCUT2D eigenvalue weighted by atomic mass is 10.2. The maximum absolute atomic E-state index is 12.3. The van der Waals surface area contributed by atoms with Crippen LogP contribution in [0.15, 0.2) is 40.8 Å². The Morgan fingerprint density at radius 1 is 1.26 bits per heavy atom. The molecule has 0 aliphatic heterocycles. The summed E-state index contributed by atoms with van der Waals surface area (Å²) in [6.07, 6.45) is 0. The predicted octanol–water partition coefficient (Wildman–Crippen LogP) is 2.73. The van der Waals surface area contributed by atoms with Gasteiger partial charge >= 0.3 is 0 Å². The van der Waals surface area contributed by atoms with Crippen LogP contribution in [0.1, 0.15) is 24.0 Å². The van der Waals surface area contributed by atoms with E-state index in [0.717, 1.165) is 22.8 Å². The van der Waals surface area contributed by atoms with Crippen LogP contribution in [0.4, 0.5) is 0 Å². The van der Waals surface area contributed by atoms with Gasteiger partial charge in [-0.25, -0.2) is 0 Å². The van der Waals surface area contributed by atoms with Crippen LogP contribution in [0.25, 0.3) is 0 Å². The molecule has 124 valence electrons. The Hall–Kier alpha value is -2.27. The molecule has 5 heteroatoms. The second kappa shape index (κ2) is 7.83. The van der Waals surface area contributed by atoms with Crippen molar-refractivity contribution in [2.24, 2.45) is 0 Å². The number of carbonyl (C=O) groups excluding carboxylic acids is 1. The quantitative estimate of drug-likeness (QED) is 0.853. The number of hydrogen-bond donors (Lipinski definition) is 1. The number of furan rings is 1. The van der Waals surface area contributed by atoms with Crippen LogP contribution in [0, 0.1) is 6.92 Å². The van der Waals surface area contributed by atoms with Crippen LogP contribution in [-0.2, 0) is 17.9 Å². The van der Waals surface area contributed by atoms with E-state index in [4.69, 9.17) is 9.15 Å². The zero-order chi connectivity index (χ0) is 16.8. The van der Waals surface area contributed by atoms with Crippen LogP contribution in [0.5, 0.6) is 5.75 Å². The van der Waals surface area contributed by atoms with Crippen molar-refractivity contribution in [3.63, 3.8) is 0 Å². The van der Waals surface area contributed by atoms with Crippen molar-refractivity contribution in [3.05, 3.63) is 53.5 Å². The van der Waals surface area contributed by atoms with Crippen molar-refractivity contribution in [3.8, 4) is 5.75 Å². The summed E-state index contributed by atoms with van der Waals surface area (Å²) in [5.41, 5.74) is 1.04. The molecule has 1 N–H and O–H groups in total. The highest BCUT2D eigenvalue weighted by Gasteiger charge is 2.18. The number of likely N-dealkylation sites (N-methyl/N-ethyl adjacent to an activating group) is 1. The Morgan fingerprint density at radius 3 is 2.52 bits per heavy atom. The van der Waals surface area contributed by atoms with Gasteiger partial charge in [-0.1, -0.05) is 12.1 Å². The fourth-order valence-corrected chi connectivity index (χ4v) is 2.23. The highest BCUT2D eigenvalue weighted by molar-refractivity contribution is 5.81. The lowest BCUT2D eigenvalue weighted by Crippen LogP contribution is -2.42. The molecule has 0 fully saturated rings. The molecule has 0 aliphatic carbocycles. The predicted molar refractivity (Wildman–Crippen MR) is 89.2 cm³/mol. The molecule has 0 bridgehead atoms. The molecule has 1 aromatic carbocycles. The minimum Gasteiger partial charge on any atom is -0.497 e. The number of ether oxygens (including phenoxy) is 1. The van der Waals surface area contributed by atoms with E-state index in [9.17, 15) is 4.79 Å². The molecule has 1 amide bonds. The van der Waals surface area contributed by atoms with Gasteiger partial charge in [0.1, 0.15) is 17.3 Å². The van der Waals surface area contributed by atoms with Gasteiger partial charge in [-0.3, -0.25) is 9.69 Å². The van der Waals surface area contributed by atoms with Crippen LogP contribution in [-0.4, -0.2) is 31.0 Å². The zero-order valence-electron chi connectivity index (χ0n) is 14.1. The van der Waals surface area contributed by atoms with E-state index in [0.29, 0.717) is 13.1 Å². The van der Waals surface area contributed by atoms with E-state index in [-0.39, 0.29) is 11.9 Å². The highest BCUT2D eigenvalue weighted by atomic mass is 16.5. The summed E-state index contributed by atoms with van der Waals surface area (Å²) >= 11 is 0. The number of methoxy groups -OCH3 is 1. The van der Waals surface area contributed by atoms with Crippen molar-refractivity contribution >= 4 is 5.91 Å². The minimum atomic E-state index is -0.237. The Labute approximate surface area is 137 Å². The molecule has 5 nitrogen and oxygen atoms in total. The summed E-state index contributed by atoms with van der Waals surface area (Å²) in [6, 6.07) is 11.3. The summed E-state index contributed by atoms with van der Waals surface area (Å²) in [6.45, 7) is 4.90. The Morgan fingerprint density at radius 2 is 1.96 bits per heavy atom. The van der Waals surface area contributed by atoms with Gasteiger partial charge in [0, 0.05) is 6.54 Å². The van der Waals surface area contributed by atoms with Crippen molar-refractivity contribution < 1.29 is 13.9 Å². The third-order valence-corrected chi connectivity index (χ3v) is 3.87. The molecular formula is C18H24N2O3. The lowest BCUT2D eigenvalue weighted by molar-refractivity contribution is -0.125. The van der Waals surface area contributed by atoms with Gasteiger partial charge in [-0.05, 0) is 50.7 Å². The first-order valence-corrected chi connectivity index (χ1v) is 7.66. The van der Waals surface area contributed by atoms with Crippen LogP contribution >= 0.6 is 0 Å². The number of amides is 1. The van der Waals surface area contributed by atoms with E-state index in [2.05, 4.69) is 5.32 Å². The largest absolute Gasteiger partial charge is 0.497 e. The fraction of sp³-hybridized carbons (Fsp3) is 0.389. The highest BCUT2D eigenvalue weighted by Crippen LogP contribution is 2.12. The summed E-state index contributed by atoms with van der Waals surface area (Å²) in [4.78, 5) is 14.2. The van der Waals surface area contributed by atoms with Gasteiger partial charge in [0.05, 0.1) is 19.7 Å². The van der Waals surface area contributed by atoms with Gasteiger partial charge in [0.2, 0.25) is 5.91 Å². The van der Waals surface area contributed by atoms with Crippen LogP contribution in [0.2, 0.25) is 0 Å². The number of nitrogens with one attached hydrogen (secondary N) is 1. The maximum Gasteiger partial charge on any atom is 0.237 e. The summed E-state index contributed by atoms with van der Waals surface area (Å²) in [7, 11) is 3.55. The zero-order valence-corrected chi connectivity index (χ0v) is 14.1. The molecule has 0 saturated carbocycles. The van der Waals surface area contributed by atoms with Gasteiger partial charge in [0.25, 0.3) is 0 Å². The third kappa shape index (κ3) is 4.86. The van der Waals surface area contributed by atoms with E-state index in [1.807, 2.05) is 62.2 Å². The van der Waals surface area contributed by atoms with Crippen molar-refractivity contribution in [2.75, 3.05) is 14.2 Å². The molecule has 0 spiro atoms. The molecule has 1 atom stereocenters. The lowest BCUT2D eigenvalue weighted by Gasteiger charge is -2.22. The standard InChI is InChI=1S/C18H24N2O3/c1-13-5-8-17(23-13)12-20(3)14(2)18(21)19-11-15-6-9-16(22-4)10-7-15/h5-10,14H,11-12H2,1-4H3,(H,19,21)/t14-/m1/s1. The number of hydrogen-bond acceptors (Lipinski definition) is 4. The molecule has 0 unspecified atom stereocenters. The molecule has 2 aromatic rings.